The Morgan fingerprint density at radius 2 is 2.11 bits per heavy atom. The van der Waals surface area contributed by atoms with E-state index in [1.54, 1.807) is 0 Å². The minimum absolute atomic E-state index is 0.306. The van der Waals surface area contributed by atoms with Crippen molar-refractivity contribution >= 4 is 0 Å². The van der Waals surface area contributed by atoms with Gasteiger partial charge in [-0.3, -0.25) is 0 Å². The van der Waals surface area contributed by atoms with Crippen molar-refractivity contribution in [1.29, 1.82) is 0 Å². The van der Waals surface area contributed by atoms with Gasteiger partial charge in [-0.2, -0.15) is 0 Å². The van der Waals surface area contributed by atoms with Crippen molar-refractivity contribution in [2.75, 3.05) is 0 Å². The molecule has 18 heavy (non-hydrogen) atoms. The van der Waals surface area contributed by atoms with Crippen LogP contribution in [0.4, 0.5) is 0 Å². The van der Waals surface area contributed by atoms with Crippen LogP contribution < -0.4 is 10.5 Å². The maximum Gasteiger partial charge on any atom is 0.127 e. The third-order valence-corrected chi connectivity index (χ3v) is 4.51. The molecule has 3 heteroatoms. The van der Waals surface area contributed by atoms with Crippen LogP contribution in [0.3, 0.4) is 0 Å². The minimum Gasteiger partial charge on any atom is -0.485 e. The fourth-order valence-electron chi connectivity index (χ4n) is 3.32. The average Bonchev–Trinajstić information content (AvgIpc) is 2.85. The van der Waals surface area contributed by atoms with Crippen LogP contribution >= 0.6 is 0 Å². The van der Waals surface area contributed by atoms with Gasteiger partial charge in [-0.25, -0.2) is 0 Å². The van der Waals surface area contributed by atoms with Gasteiger partial charge in [0.1, 0.15) is 17.5 Å². The van der Waals surface area contributed by atoms with Gasteiger partial charge in [-0.15, -0.1) is 0 Å². The van der Waals surface area contributed by atoms with E-state index in [2.05, 4.69) is 13.0 Å². The third kappa shape index (κ3) is 1.65. The number of ether oxygens (including phenoxy) is 1. The third-order valence-electron chi connectivity index (χ3n) is 4.51. The minimum atomic E-state index is -0.599. The lowest BCUT2D eigenvalue weighted by Crippen LogP contribution is -2.56. The second kappa shape index (κ2) is 4.25. The fourth-order valence-corrected chi connectivity index (χ4v) is 3.32. The summed E-state index contributed by atoms with van der Waals surface area (Å²) in [5.74, 6) is 0.823. The molecule has 1 aromatic rings. The summed E-state index contributed by atoms with van der Waals surface area (Å²) in [6, 6.07) is 5.79. The maximum atomic E-state index is 10.5. The lowest BCUT2D eigenvalue weighted by Gasteiger charge is -2.43. The summed E-state index contributed by atoms with van der Waals surface area (Å²) < 4.78 is 6.18. The highest BCUT2D eigenvalue weighted by Crippen LogP contribution is 2.46. The van der Waals surface area contributed by atoms with Crippen molar-refractivity contribution in [3.63, 3.8) is 0 Å². The van der Waals surface area contributed by atoms with E-state index in [1.165, 1.54) is 5.56 Å². The molecule has 2 aliphatic rings. The van der Waals surface area contributed by atoms with Crippen LogP contribution in [0.15, 0.2) is 18.2 Å². The first-order chi connectivity index (χ1) is 8.66. The van der Waals surface area contributed by atoms with Crippen molar-refractivity contribution < 1.29 is 9.84 Å². The predicted octanol–water partition coefficient (Wildman–Crippen LogP) is 2.31. The number of hydrogen-bond donors (Lipinski definition) is 2. The molecular weight excluding hydrogens is 226 g/mol. The van der Waals surface area contributed by atoms with Crippen LogP contribution in [-0.4, -0.2) is 16.7 Å². The first kappa shape index (κ1) is 12.0. The van der Waals surface area contributed by atoms with E-state index in [0.29, 0.717) is 0 Å². The molecule has 1 aliphatic carbocycles. The van der Waals surface area contributed by atoms with E-state index in [9.17, 15) is 5.11 Å². The van der Waals surface area contributed by atoms with Gasteiger partial charge in [0.05, 0.1) is 6.04 Å². The molecule has 0 saturated heterocycles. The molecule has 1 fully saturated rings. The van der Waals surface area contributed by atoms with E-state index >= 15 is 0 Å². The summed E-state index contributed by atoms with van der Waals surface area (Å²) in [5, 5.41) is 10.5. The summed E-state index contributed by atoms with van der Waals surface area (Å²) in [6.45, 7) is 2.11. The Balaban J connectivity index is 2.02. The summed E-state index contributed by atoms with van der Waals surface area (Å²) in [6.07, 6.45) is 4.56. The van der Waals surface area contributed by atoms with Crippen LogP contribution in [0, 0.1) is 0 Å². The Kier molecular flexibility index (Phi) is 2.83. The van der Waals surface area contributed by atoms with Crippen molar-refractivity contribution in [3.05, 3.63) is 29.3 Å². The zero-order valence-corrected chi connectivity index (χ0v) is 10.9. The molecule has 0 radical (unpaired) electrons. The zero-order chi connectivity index (χ0) is 12.8. The van der Waals surface area contributed by atoms with Crippen LogP contribution in [0.25, 0.3) is 0 Å². The standard InChI is InChI=1S/C15H21NO2/c1-2-10-5-6-12-11(9-10)13(17)14(16)15(18-12)7-3-4-8-15/h5-6,9,13-14,17H,2-4,7-8,16H2,1H3. The second-order valence-electron chi connectivity index (χ2n) is 5.57. The molecule has 2 unspecified atom stereocenters. The average molecular weight is 247 g/mol. The number of fused-ring (bicyclic) bond motifs is 1. The topological polar surface area (TPSA) is 55.5 Å². The molecule has 0 aromatic heterocycles. The van der Waals surface area contributed by atoms with E-state index < -0.39 is 6.10 Å². The van der Waals surface area contributed by atoms with Crippen LogP contribution in [0.1, 0.15) is 49.8 Å². The molecule has 1 saturated carbocycles. The Bertz CT molecular complexity index is 452. The summed E-state index contributed by atoms with van der Waals surface area (Å²) >= 11 is 0. The van der Waals surface area contributed by atoms with Gasteiger partial charge in [0.15, 0.2) is 0 Å². The number of aliphatic hydroxyl groups is 1. The Labute approximate surface area is 108 Å². The summed E-state index contributed by atoms with van der Waals surface area (Å²) in [4.78, 5) is 0. The molecule has 0 bridgehead atoms. The highest BCUT2D eigenvalue weighted by molar-refractivity contribution is 5.43. The van der Waals surface area contributed by atoms with Crippen LogP contribution in [0.5, 0.6) is 5.75 Å². The van der Waals surface area contributed by atoms with Gasteiger partial charge in [-0.05, 0) is 49.8 Å². The van der Waals surface area contributed by atoms with Gasteiger partial charge in [-0.1, -0.05) is 13.0 Å². The molecule has 3 N–H and O–H groups in total. The van der Waals surface area contributed by atoms with Gasteiger partial charge in [0.2, 0.25) is 0 Å². The van der Waals surface area contributed by atoms with E-state index in [4.69, 9.17) is 10.5 Å². The normalized spacial score (nSPS) is 29.1. The molecular formula is C15H21NO2. The van der Waals surface area contributed by atoms with Gasteiger partial charge in [0, 0.05) is 5.56 Å². The number of hydrogen-bond acceptors (Lipinski definition) is 3. The quantitative estimate of drug-likeness (QED) is 0.800. The number of benzene rings is 1. The number of nitrogens with two attached hydrogens (primary N) is 1. The highest BCUT2D eigenvalue weighted by Gasteiger charge is 2.49. The molecule has 3 nitrogen and oxygen atoms in total. The molecule has 1 aliphatic heterocycles. The van der Waals surface area contributed by atoms with E-state index in [1.807, 2.05) is 12.1 Å². The summed E-state index contributed by atoms with van der Waals surface area (Å²) in [7, 11) is 0. The molecule has 1 aromatic carbocycles. The van der Waals surface area contributed by atoms with Crippen molar-refractivity contribution in [1.82, 2.24) is 0 Å². The second-order valence-corrected chi connectivity index (χ2v) is 5.57. The van der Waals surface area contributed by atoms with Crippen LogP contribution in [-0.2, 0) is 6.42 Å². The molecule has 98 valence electrons. The Hall–Kier alpha value is -1.06. The smallest absolute Gasteiger partial charge is 0.127 e. The van der Waals surface area contributed by atoms with Gasteiger partial charge < -0.3 is 15.6 Å². The largest absolute Gasteiger partial charge is 0.485 e. The first-order valence-electron chi connectivity index (χ1n) is 6.92. The zero-order valence-electron chi connectivity index (χ0n) is 10.9. The van der Waals surface area contributed by atoms with Gasteiger partial charge in [0.25, 0.3) is 0 Å². The Morgan fingerprint density at radius 1 is 1.39 bits per heavy atom. The molecule has 0 amide bonds. The molecule has 1 heterocycles. The maximum absolute atomic E-state index is 10.5. The molecule has 3 rings (SSSR count). The number of aliphatic hydroxyl groups excluding tert-OH is 1. The lowest BCUT2D eigenvalue weighted by atomic mass is 9.82. The predicted molar refractivity (Wildman–Crippen MR) is 70.6 cm³/mol. The number of aryl methyl sites for hydroxylation is 1. The Morgan fingerprint density at radius 3 is 2.78 bits per heavy atom. The fraction of sp³-hybridized carbons (Fsp3) is 0.600. The van der Waals surface area contributed by atoms with Gasteiger partial charge >= 0.3 is 0 Å². The van der Waals surface area contributed by atoms with E-state index in [-0.39, 0.29) is 11.6 Å². The van der Waals surface area contributed by atoms with Crippen molar-refractivity contribution in [3.8, 4) is 5.75 Å². The first-order valence-corrected chi connectivity index (χ1v) is 6.92. The molecule has 1 spiro atoms. The van der Waals surface area contributed by atoms with E-state index in [0.717, 1.165) is 43.4 Å². The highest BCUT2D eigenvalue weighted by atomic mass is 16.5. The summed E-state index contributed by atoms with van der Waals surface area (Å²) in [5.41, 5.74) is 7.99. The number of rotatable bonds is 1. The van der Waals surface area contributed by atoms with Crippen molar-refractivity contribution in [2.45, 2.75) is 56.8 Å². The molecule has 2 atom stereocenters. The van der Waals surface area contributed by atoms with Crippen LogP contribution in [0.2, 0.25) is 0 Å². The van der Waals surface area contributed by atoms with Crippen molar-refractivity contribution in [2.24, 2.45) is 5.73 Å². The monoisotopic (exact) mass is 247 g/mol. The SMILES string of the molecule is CCc1ccc2c(c1)C(O)C(N)C1(CCCC1)O2. The lowest BCUT2D eigenvalue weighted by molar-refractivity contribution is -0.0316.